The van der Waals surface area contributed by atoms with Crippen molar-refractivity contribution >= 4 is 23.2 Å². The Balaban J connectivity index is 1.84. The van der Waals surface area contributed by atoms with E-state index in [4.69, 9.17) is 23.2 Å². The van der Waals surface area contributed by atoms with E-state index >= 15 is 0 Å². The molecule has 0 radical (unpaired) electrons. The standard InChI is InChI=1S/C17H19Cl2F2N3/c1-10-9-22-16(23-10)15(11-2-3-13(18)14(19)8-11)24-12-4-6-17(20,21)7-5-12/h2-3,8-9,12,15,24H,4-7H2,1H3,(H,22,23). The van der Waals surface area contributed by atoms with Crippen LogP contribution in [-0.2, 0) is 0 Å². The molecule has 24 heavy (non-hydrogen) atoms. The highest BCUT2D eigenvalue weighted by Gasteiger charge is 2.36. The summed E-state index contributed by atoms with van der Waals surface area (Å²) in [4.78, 5) is 7.61. The van der Waals surface area contributed by atoms with Crippen LogP contribution in [-0.4, -0.2) is 21.9 Å². The highest BCUT2D eigenvalue weighted by molar-refractivity contribution is 6.42. The van der Waals surface area contributed by atoms with Crippen LogP contribution in [0.1, 0.15) is 48.8 Å². The molecule has 7 heteroatoms. The number of alkyl halides is 2. The third kappa shape index (κ3) is 4.08. The van der Waals surface area contributed by atoms with Gasteiger partial charge in [0.2, 0.25) is 5.92 Å². The van der Waals surface area contributed by atoms with E-state index in [1.165, 1.54) is 0 Å². The van der Waals surface area contributed by atoms with Crippen molar-refractivity contribution in [2.24, 2.45) is 0 Å². The number of halogens is 4. The Labute approximate surface area is 149 Å². The minimum absolute atomic E-state index is 0.00878. The fourth-order valence-corrected chi connectivity index (χ4v) is 3.35. The van der Waals surface area contributed by atoms with Gasteiger partial charge in [0.1, 0.15) is 5.82 Å². The summed E-state index contributed by atoms with van der Waals surface area (Å²) in [6, 6.07) is 5.16. The van der Waals surface area contributed by atoms with Gasteiger partial charge in [0.25, 0.3) is 0 Å². The van der Waals surface area contributed by atoms with E-state index in [0.717, 1.165) is 17.1 Å². The smallest absolute Gasteiger partial charge is 0.248 e. The van der Waals surface area contributed by atoms with Crippen molar-refractivity contribution in [3.63, 3.8) is 0 Å². The van der Waals surface area contributed by atoms with Crippen molar-refractivity contribution in [2.75, 3.05) is 0 Å². The Hall–Kier alpha value is -1.17. The highest BCUT2D eigenvalue weighted by atomic mass is 35.5. The van der Waals surface area contributed by atoms with Crippen LogP contribution in [0.2, 0.25) is 10.0 Å². The predicted molar refractivity (Wildman–Crippen MR) is 92.0 cm³/mol. The molecule has 1 fully saturated rings. The summed E-state index contributed by atoms with van der Waals surface area (Å²) < 4.78 is 26.8. The molecule has 3 rings (SSSR count). The second kappa shape index (κ2) is 6.98. The van der Waals surface area contributed by atoms with E-state index in [-0.39, 0.29) is 24.9 Å². The van der Waals surface area contributed by atoms with Gasteiger partial charge in [-0.1, -0.05) is 29.3 Å². The number of imidazole rings is 1. The highest BCUT2D eigenvalue weighted by Crippen LogP contribution is 2.35. The molecule has 1 aromatic heterocycles. The van der Waals surface area contributed by atoms with Gasteiger partial charge >= 0.3 is 0 Å². The SMILES string of the molecule is Cc1cnc(C(NC2CCC(F)(F)CC2)c2ccc(Cl)c(Cl)c2)[nH]1. The fraction of sp³-hybridized carbons (Fsp3) is 0.471. The van der Waals surface area contributed by atoms with E-state index in [1.54, 1.807) is 18.3 Å². The van der Waals surface area contributed by atoms with E-state index in [1.807, 2.05) is 13.0 Å². The van der Waals surface area contributed by atoms with Gasteiger partial charge in [0.05, 0.1) is 16.1 Å². The van der Waals surface area contributed by atoms with Crippen molar-refractivity contribution in [1.29, 1.82) is 0 Å². The average molecular weight is 374 g/mol. The first-order valence-corrected chi connectivity index (χ1v) is 8.70. The lowest BCUT2D eigenvalue weighted by Crippen LogP contribution is -2.39. The maximum absolute atomic E-state index is 13.4. The van der Waals surface area contributed by atoms with Crippen molar-refractivity contribution in [3.8, 4) is 0 Å². The quantitative estimate of drug-likeness (QED) is 0.764. The van der Waals surface area contributed by atoms with E-state index < -0.39 is 5.92 Å². The number of nitrogens with one attached hydrogen (secondary N) is 2. The monoisotopic (exact) mass is 373 g/mol. The van der Waals surface area contributed by atoms with Crippen molar-refractivity contribution in [3.05, 3.63) is 51.5 Å². The van der Waals surface area contributed by atoms with Crippen LogP contribution in [0, 0.1) is 6.92 Å². The lowest BCUT2D eigenvalue weighted by Gasteiger charge is -2.31. The summed E-state index contributed by atoms with van der Waals surface area (Å²) in [5.41, 5.74) is 1.84. The molecule has 1 aliphatic rings. The number of nitrogens with zero attached hydrogens (tertiary/aromatic N) is 1. The molecule has 130 valence electrons. The summed E-state index contributed by atoms with van der Waals surface area (Å²) in [5, 5.41) is 4.39. The van der Waals surface area contributed by atoms with Gasteiger partial charge in [-0.3, -0.25) is 0 Å². The summed E-state index contributed by atoms with van der Waals surface area (Å²) >= 11 is 12.1. The fourth-order valence-electron chi connectivity index (χ4n) is 3.05. The van der Waals surface area contributed by atoms with Crippen molar-refractivity contribution < 1.29 is 8.78 Å². The largest absolute Gasteiger partial charge is 0.345 e. The molecule has 1 unspecified atom stereocenters. The van der Waals surface area contributed by atoms with Gasteiger partial charge in [-0.25, -0.2) is 13.8 Å². The number of hydrogen-bond donors (Lipinski definition) is 2. The van der Waals surface area contributed by atoms with Gasteiger partial charge in [-0.05, 0) is 37.5 Å². The van der Waals surface area contributed by atoms with Gasteiger partial charge in [-0.15, -0.1) is 0 Å². The minimum Gasteiger partial charge on any atom is -0.345 e. The Morgan fingerprint density at radius 1 is 1.25 bits per heavy atom. The van der Waals surface area contributed by atoms with Crippen LogP contribution in [0.5, 0.6) is 0 Å². The number of aromatic nitrogens is 2. The number of H-pyrrole nitrogens is 1. The zero-order chi connectivity index (χ0) is 17.3. The summed E-state index contributed by atoms with van der Waals surface area (Å²) in [6.07, 6.45) is 2.44. The Morgan fingerprint density at radius 2 is 1.96 bits per heavy atom. The molecule has 3 nitrogen and oxygen atoms in total. The van der Waals surface area contributed by atoms with Crippen LogP contribution in [0.25, 0.3) is 0 Å². The predicted octanol–water partition coefficient (Wildman–Crippen LogP) is 5.28. The number of benzene rings is 1. The van der Waals surface area contributed by atoms with Crippen molar-refractivity contribution in [1.82, 2.24) is 15.3 Å². The molecule has 1 heterocycles. The average Bonchev–Trinajstić information content (AvgIpc) is 2.95. The first-order chi connectivity index (χ1) is 11.3. The molecule has 2 aromatic rings. The molecular weight excluding hydrogens is 355 g/mol. The first kappa shape index (κ1) is 17.6. The first-order valence-electron chi connectivity index (χ1n) is 7.94. The normalized spacial score (nSPS) is 19.4. The van der Waals surface area contributed by atoms with Gasteiger partial charge in [0.15, 0.2) is 0 Å². The molecule has 2 N–H and O–H groups in total. The van der Waals surface area contributed by atoms with E-state index in [9.17, 15) is 8.78 Å². The molecule has 1 aromatic carbocycles. The third-order valence-electron chi connectivity index (χ3n) is 4.39. The van der Waals surface area contributed by atoms with E-state index in [2.05, 4.69) is 15.3 Å². The molecule has 1 atom stereocenters. The van der Waals surface area contributed by atoms with Crippen LogP contribution >= 0.6 is 23.2 Å². The topological polar surface area (TPSA) is 40.7 Å². The number of rotatable bonds is 4. The number of aromatic amines is 1. The maximum atomic E-state index is 13.4. The molecule has 1 aliphatic carbocycles. The number of hydrogen-bond acceptors (Lipinski definition) is 2. The Morgan fingerprint density at radius 3 is 2.54 bits per heavy atom. The molecular formula is C17H19Cl2F2N3. The van der Waals surface area contributed by atoms with Crippen LogP contribution in [0.4, 0.5) is 8.78 Å². The zero-order valence-electron chi connectivity index (χ0n) is 13.3. The lowest BCUT2D eigenvalue weighted by molar-refractivity contribution is -0.0409. The van der Waals surface area contributed by atoms with Gasteiger partial charge in [-0.2, -0.15) is 0 Å². The minimum atomic E-state index is -2.54. The molecule has 0 amide bonds. The Bertz CT molecular complexity index is 708. The molecule has 0 bridgehead atoms. The number of aryl methyl sites for hydroxylation is 1. The molecule has 0 aliphatic heterocycles. The molecule has 0 saturated heterocycles. The lowest BCUT2D eigenvalue weighted by atomic mass is 9.91. The second-order valence-electron chi connectivity index (χ2n) is 6.35. The van der Waals surface area contributed by atoms with Crippen LogP contribution < -0.4 is 5.32 Å². The van der Waals surface area contributed by atoms with Gasteiger partial charge in [0, 0.05) is 30.8 Å². The van der Waals surface area contributed by atoms with E-state index in [0.29, 0.717) is 22.9 Å². The summed E-state index contributed by atoms with van der Waals surface area (Å²) in [5.74, 6) is -1.80. The Kier molecular flexibility index (Phi) is 5.13. The van der Waals surface area contributed by atoms with Gasteiger partial charge < -0.3 is 10.3 Å². The summed E-state index contributed by atoms with van der Waals surface area (Å²) in [7, 11) is 0. The maximum Gasteiger partial charge on any atom is 0.248 e. The third-order valence-corrected chi connectivity index (χ3v) is 5.13. The molecule has 0 spiro atoms. The summed E-state index contributed by atoms with van der Waals surface area (Å²) in [6.45, 7) is 1.92. The molecule has 1 saturated carbocycles. The van der Waals surface area contributed by atoms with Crippen molar-refractivity contribution in [2.45, 2.75) is 50.6 Å². The van der Waals surface area contributed by atoms with Crippen LogP contribution in [0.15, 0.2) is 24.4 Å². The van der Waals surface area contributed by atoms with Crippen LogP contribution in [0.3, 0.4) is 0 Å². The second-order valence-corrected chi connectivity index (χ2v) is 7.17. The zero-order valence-corrected chi connectivity index (χ0v) is 14.8.